The number of aryl methyl sites for hydroxylation is 1. The van der Waals surface area contributed by atoms with Crippen LogP contribution >= 0.6 is 11.6 Å². The molecule has 5 rings (SSSR count). The number of rotatable bonds is 3. The van der Waals surface area contributed by atoms with E-state index in [4.69, 9.17) is 25.8 Å². The zero-order valence-electron chi connectivity index (χ0n) is 27.1. The van der Waals surface area contributed by atoms with Crippen molar-refractivity contribution in [1.82, 2.24) is 4.72 Å². The van der Waals surface area contributed by atoms with Crippen LogP contribution in [0.3, 0.4) is 0 Å². The van der Waals surface area contributed by atoms with E-state index < -0.39 is 26.8 Å². The Balaban J connectivity index is 1.60. The predicted octanol–water partition coefficient (Wildman–Crippen LogP) is 6.55. The number of amides is 1. The summed E-state index contributed by atoms with van der Waals surface area (Å²) in [6.45, 7) is 7.44. The van der Waals surface area contributed by atoms with Gasteiger partial charge in [0.1, 0.15) is 18.0 Å². The molecule has 8 nitrogen and oxygen atoms in total. The van der Waals surface area contributed by atoms with Crippen molar-refractivity contribution < 1.29 is 27.4 Å². The second-order valence-electron chi connectivity index (χ2n) is 13.0. The van der Waals surface area contributed by atoms with Gasteiger partial charge in [0, 0.05) is 37.9 Å². The van der Waals surface area contributed by atoms with Crippen LogP contribution in [0.1, 0.15) is 74.4 Å². The molecule has 1 fully saturated rings. The van der Waals surface area contributed by atoms with E-state index in [0.717, 1.165) is 56.4 Å². The van der Waals surface area contributed by atoms with Gasteiger partial charge in [0.15, 0.2) is 0 Å². The Kier molecular flexibility index (Phi) is 10.5. The van der Waals surface area contributed by atoms with Gasteiger partial charge in [-0.05, 0) is 112 Å². The van der Waals surface area contributed by atoms with Crippen LogP contribution in [-0.4, -0.2) is 58.6 Å². The van der Waals surface area contributed by atoms with E-state index in [1.165, 1.54) is 5.56 Å². The van der Waals surface area contributed by atoms with Crippen LogP contribution in [-0.2, 0) is 32.5 Å². The third kappa shape index (κ3) is 7.07. The van der Waals surface area contributed by atoms with Gasteiger partial charge in [0.05, 0.1) is 17.0 Å². The molecule has 0 unspecified atom stereocenters. The molecule has 10 heteroatoms. The minimum absolute atomic E-state index is 0.193. The fourth-order valence-corrected chi connectivity index (χ4v) is 8.60. The quantitative estimate of drug-likeness (QED) is 0.374. The zero-order valence-corrected chi connectivity index (χ0v) is 28.6. The molecule has 0 spiro atoms. The van der Waals surface area contributed by atoms with Crippen molar-refractivity contribution >= 4 is 33.2 Å². The van der Waals surface area contributed by atoms with E-state index in [2.05, 4.69) is 15.7 Å². The molecule has 2 aromatic rings. The summed E-state index contributed by atoms with van der Waals surface area (Å²) in [6, 6.07) is 11.1. The van der Waals surface area contributed by atoms with E-state index in [9.17, 15) is 13.2 Å². The van der Waals surface area contributed by atoms with Crippen LogP contribution in [0.2, 0.25) is 5.02 Å². The standard InChI is InChI=1S/C35H47ClN2O6S/c1-23-9-8-17-35(43-5,25(3)42-4)31-15-12-28(31)21-38-18-7-6-10-26-19-30(36)14-11-29(26)22-44-33-16-13-27(20-32(33)38)34(39)37-45(40,41)24(23)2/h8,11,13-14,16-17,19-20,23-25,28,31H,6-7,9-10,12,15,18,21-22H2,1-5H3,(H,37,39)/b17-8+/t23-,24+,25+,28-,31+,35+/m0/s1. The maximum Gasteiger partial charge on any atom is 0.264 e. The summed E-state index contributed by atoms with van der Waals surface area (Å²) >= 11 is 6.35. The summed E-state index contributed by atoms with van der Waals surface area (Å²) in [4.78, 5) is 15.8. The molecule has 1 amide bonds. The number of hydrogen-bond donors (Lipinski definition) is 1. The molecule has 45 heavy (non-hydrogen) atoms. The van der Waals surface area contributed by atoms with E-state index in [-0.39, 0.29) is 23.5 Å². The normalized spacial score (nSPS) is 30.3. The number of nitrogens with zero attached hydrogens (tertiary/aromatic N) is 1. The van der Waals surface area contributed by atoms with Crippen LogP contribution in [0.25, 0.3) is 0 Å². The Morgan fingerprint density at radius 1 is 1.09 bits per heavy atom. The lowest BCUT2D eigenvalue weighted by atomic mass is 9.62. The number of hydrogen-bond acceptors (Lipinski definition) is 7. The second kappa shape index (κ2) is 14.0. The summed E-state index contributed by atoms with van der Waals surface area (Å²) in [6.07, 6.45) is 9.25. The lowest BCUT2D eigenvalue weighted by Crippen LogP contribution is -2.56. The van der Waals surface area contributed by atoms with Crippen LogP contribution in [0.4, 0.5) is 5.69 Å². The highest BCUT2D eigenvalue weighted by atomic mass is 35.5. The number of sulfonamides is 1. The molecule has 246 valence electrons. The summed E-state index contributed by atoms with van der Waals surface area (Å²) in [5.41, 5.74) is 2.66. The van der Waals surface area contributed by atoms with E-state index in [0.29, 0.717) is 29.7 Å². The van der Waals surface area contributed by atoms with Gasteiger partial charge in [0.25, 0.3) is 5.91 Å². The zero-order chi connectivity index (χ0) is 32.4. The van der Waals surface area contributed by atoms with E-state index in [1.54, 1.807) is 39.3 Å². The van der Waals surface area contributed by atoms with Crippen molar-refractivity contribution in [2.45, 2.75) is 82.9 Å². The Morgan fingerprint density at radius 3 is 2.60 bits per heavy atom. The number of carbonyl (C=O) groups excluding carboxylic acids is 1. The third-order valence-electron chi connectivity index (χ3n) is 10.4. The third-order valence-corrected chi connectivity index (χ3v) is 12.6. The molecule has 0 saturated heterocycles. The van der Waals surface area contributed by atoms with Crippen molar-refractivity contribution in [3.05, 3.63) is 70.3 Å². The number of halogens is 1. The van der Waals surface area contributed by atoms with Gasteiger partial charge >= 0.3 is 0 Å². The van der Waals surface area contributed by atoms with Gasteiger partial charge in [-0.25, -0.2) is 13.1 Å². The number of anilines is 1. The fraction of sp³-hybridized carbons (Fsp3) is 0.571. The highest BCUT2D eigenvalue weighted by molar-refractivity contribution is 7.90. The SMILES string of the molecule is CO[C@H](C)[C@]1(OC)/C=C/C[C@H](C)[C@@H](C)S(=O)(=O)NC(=O)c2ccc3c(c2)N(CCCCc2cc(Cl)ccc2CO3)C[C@@H]2CC[C@H]21. The largest absolute Gasteiger partial charge is 0.487 e. The molecule has 2 aliphatic heterocycles. The summed E-state index contributed by atoms with van der Waals surface area (Å²) in [7, 11) is -0.494. The molecule has 6 atom stereocenters. The number of benzene rings is 2. The fourth-order valence-electron chi connectivity index (χ4n) is 7.12. The maximum atomic E-state index is 13.4. The van der Waals surface area contributed by atoms with Gasteiger partial charge in [-0.15, -0.1) is 0 Å². The van der Waals surface area contributed by atoms with Crippen molar-refractivity contribution in [3.63, 3.8) is 0 Å². The van der Waals surface area contributed by atoms with E-state index >= 15 is 0 Å². The topological polar surface area (TPSA) is 94.2 Å². The summed E-state index contributed by atoms with van der Waals surface area (Å²) in [5, 5.41) is -0.0816. The first-order valence-corrected chi connectivity index (χ1v) is 18.0. The van der Waals surface area contributed by atoms with Crippen LogP contribution in [0.5, 0.6) is 5.75 Å². The Morgan fingerprint density at radius 2 is 1.89 bits per heavy atom. The van der Waals surface area contributed by atoms with Crippen molar-refractivity contribution in [2.24, 2.45) is 17.8 Å². The first-order chi connectivity index (χ1) is 21.5. The second-order valence-corrected chi connectivity index (χ2v) is 15.4. The minimum atomic E-state index is -3.94. The highest BCUT2D eigenvalue weighted by Gasteiger charge is 2.50. The number of nitrogens with one attached hydrogen (secondary N) is 1. The molecular formula is C35H47ClN2O6S. The number of fused-ring (bicyclic) bond motifs is 3. The van der Waals surface area contributed by atoms with E-state index in [1.807, 2.05) is 38.1 Å². The molecule has 1 aliphatic carbocycles. The number of carbonyl (C=O) groups is 1. The Labute approximate surface area is 273 Å². The molecule has 0 aromatic heterocycles. The minimum Gasteiger partial charge on any atom is -0.487 e. The summed E-state index contributed by atoms with van der Waals surface area (Å²) in [5.74, 6) is 0.279. The first kappa shape index (κ1) is 33.8. The predicted molar refractivity (Wildman–Crippen MR) is 179 cm³/mol. The lowest BCUT2D eigenvalue weighted by Gasteiger charge is -2.51. The lowest BCUT2D eigenvalue weighted by molar-refractivity contribution is -0.146. The van der Waals surface area contributed by atoms with Crippen molar-refractivity contribution in [2.75, 3.05) is 32.2 Å². The average molecular weight is 659 g/mol. The summed E-state index contributed by atoms with van der Waals surface area (Å²) < 4.78 is 47.8. The highest BCUT2D eigenvalue weighted by Crippen LogP contribution is 2.48. The smallest absolute Gasteiger partial charge is 0.264 e. The molecule has 0 radical (unpaired) electrons. The van der Waals surface area contributed by atoms with Crippen LogP contribution in [0, 0.1) is 17.8 Å². The molecule has 1 N–H and O–H groups in total. The van der Waals surface area contributed by atoms with Gasteiger partial charge < -0.3 is 19.1 Å². The van der Waals surface area contributed by atoms with Crippen LogP contribution in [0.15, 0.2) is 48.6 Å². The van der Waals surface area contributed by atoms with Gasteiger partial charge in [0.2, 0.25) is 10.0 Å². The average Bonchev–Trinajstić information content (AvgIpc) is 3.04. The van der Waals surface area contributed by atoms with Gasteiger partial charge in [-0.1, -0.05) is 36.7 Å². The Bertz CT molecular complexity index is 1510. The van der Waals surface area contributed by atoms with Gasteiger partial charge in [-0.3, -0.25) is 4.79 Å². The molecule has 2 aromatic carbocycles. The van der Waals surface area contributed by atoms with Crippen molar-refractivity contribution in [1.29, 1.82) is 0 Å². The molecule has 2 heterocycles. The first-order valence-electron chi connectivity index (χ1n) is 16.1. The number of ether oxygens (including phenoxy) is 3. The molecule has 3 aliphatic rings. The molecular weight excluding hydrogens is 612 g/mol. The van der Waals surface area contributed by atoms with Gasteiger partial charge in [-0.2, -0.15) is 0 Å². The number of allylic oxidation sites excluding steroid dienone is 1. The van der Waals surface area contributed by atoms with Crippen molar-refractivity contribution in [3.8, 4) is 5.75 Å². The monoisotopic (exact) mass is 658 g/mol. The van der Waals surface area contributed by atoms with Crippen LogP contribution < -0.4 is 14.4 Å². The maximum absolute atomic E-state index is 13.4. The molecule has 1 saturated carbocycles. The number of methoxy groups -OCH3 is 2. The Hall–Kier alpha value is -2.59. The molecule has 2 bridgehead atoms.